The zero-order chi connectivity index (χ0) is 50.6. The molecule has 4 fully saturated rings. The van der Waals surface area contributed by atoms with Gasteiger partial charge in [0.05, 0.1) is 10.8 Å². The van der Waals surface area contributed by atoms with Gasteiger partial charge in [0.1, 0.15) is 0 Å². The van der Waals surface area contributed by atoms with Gasteiger partial charge in [-0.1, -0.05) is 211 Å². The quantitative estimate of drug-likeness (QED) is 0.160. The maximum Gasteiger partial charge on any atom is 0.0726 e. The van der Waals surface area contributed by atoms with E-state index in [1.807, 2.05) is 0 Å². The lowest BCUT2D eigenvalue weighted by atomic mass is 9.48. The molecule has 9 aromatic rings. The lowest BCUT2D eigenvalue weighted by molar-refractivity contribution is -0.00518. The molecular formula is C74H67N. The summed E-state index contributed by atoms with van der Waals surface area (Å²) >= 11 is 0. The summed E-state index contributed by atoms with van der Waals surface area (Å²) < 4.78 is 0. The van der Waals surface area contributed by atoms with Gasteiger partial charge < -0.3 is 4.90 Å². The van der Waals surface area contributed by atoms with E-state index >= 15 is 0 Å². The highest BCUT2D eigenvalue weighted by molar-refractivity contribution is 5.97. The van der Waals surface area contributed by atoms with Gasteiger partial charge in [0.15, 0.2) is 0 Å². The monoisotopic (exact) mass is 970 g/mol. The molecule has 0 aliphatic heterocycles. The number of benzene rings is 9. The highest BCUT2D eigenvalue weighted by Gasteiger charge is 2.54. The van der Waals surface area contributed by atoms with Crippen LogP contribution in [0.4, 0.5) is 17.1 Å². The van der Waals surface area contributed by atoms with Gasteiger partial charge in [-0.2, -0.15) is 0 Å². The van der Waals surface area contributed by atoms with Crippen LogP contribution in [0.3, 0.4) is 0 Å². The van der Waals surface area contributed by atoms with Crippen LogP contribution in [0.5, 0.6) is 0 Å². The molecule has 2 unspecified atom stereocenters. The maximum absolute atomic E-state index is 2.61. The number of rotatable bonds is 6. The summed E-state index contributed by atoms with van der Waals surface area (Å²) in [5.74, 6) is 2.68. The largest absolute Gasteiger partial charge is 0.310 e. The molecule has 4 bridgehead atoms. The summed E-state index contributed by atoms with van der Waals surface area (Å²) in [6, 6.07) is 81.0. The van der Waals surface area contributed by atoms with Crippen molar-refractivity contribution in [2.75, 3.05) is 4.90 Å². The minimum absolute atomic E-state index is 0.0102. The predicted octanol–water partition coefficient (Wildman–Crippen LogP) is 18.9. The molecule has 1 nitrogen and oxygen atoms in total. The van der Waals surface area contributed by atoms with E-state index in [2.05, 4.69) is 253 Å². The van der Waals surface area contributed by atoms with Gasteiger partial charge in [-0.15, -0.1) is 0 Å². The Kier molecular flexibility index (Phi) is 9.59. The van der Waals surface area contributed by atoms with Gasteiger partial charge in [-0.3, -0.25) is 0 Å². The first-order valence-corrected chi connectivity index (χ1v) is 28.2. The van der Waals surface area contributed by atoms with E-state index in [-0.39, 0.29) is 10.8 Å². The van der Waals surface area contributed by atoms with Crippen LogP contribution in [0, 0.1) is 17.8 Å². The van der Waals surface area contributed by atoms with Crippen LogP contribution in [-0.4, -0.2) is 0 Å². The van der Waals surface area contributed by atoms with Crippen LogP contribution >= 0.6 is 0 Å². The molecule has 0 saturated heterocycles. The summed E-state index contributed by atoms with van der Waals surface area (Å²) in [5.41, 5.74) is 25.8. The van der Waals surface area contributed by atoms with Crippen LogP contribution in [0.1, 0.15) is 141 Å². The molecule has 368 valence electrons. The van der Waals surface area contributed by atoms with E-state index in [1.54, 1.807) is 5.56 Å². The first-order valence-electron chi connectivity index (χ1n) is 28.2. The molecule has 0 radical (unpaired) electrons. The van der Waals surface area contributed by atoms with E-state index in [1.165, 1.54) is 145 Å². The number of anilines is 3. The second-order valence-electron chi connectivity index (χ2n) is 25.9. The summed E-state index contributed by atoms with van der Waals surface area (Å²) in [4.78, 5) is 2.61. The third-order valence-corrected chi connectivity index (χ3v) is 19.7. The van der Waals surface area contributed by atoms with Gasteiger partial charge in [-0.05, 0) is 204 Å². The van der Waals surface area contributed by atoms with Crippen molar-refractivity contribution in [3.63, 3.8) is 0 Å². The summed E-state index contributed by atoms with van der Waals surface area (Å²) in [6.45, 7) is 14.0. The lowest BCUT2D eigenvalue weighted by Gasteiger charge is -2.57. The Bertz CT molecular complexity index is 3720. The molecule has 7 aliphatic carbocycles. The van der Waals surface area contributed by atoms with Crippen molar-refractivity contribution in [1.82, 2.24) is 0 Å². The van der Waals surface area contributed by atoms with Crippen molar-refractivity contribution in [2.45, 2.75) is 107 Å². The Hall–Kier alpha value is -7.22. The van der Waals surface area contributed by atoms with Crippen molar-refractivity contribution in [1.29, 1.82) is 0 Å². The van der Waals surface area contributed by atoms with E-state index in [0.29, 0.717) is 5.41 Å². The Morgan fingerprint density at radius 3 is 1.20 bits per heavy atom. The fourth-order valence-electron chi connectivity index (χ4n) is 16.7. The van der Waals surface area contributed by atoms with Crippen molar-refractivity contribution >= 4 is 17.1 Å². The Labute approximate surface area is 445 Å². The molecular weight excluding hydrogens is 903 g/mol. The lowest BCUT2D eigenvalue weighted by Crippen LogP contribution is -2.48. The molecule has 4 saturated carbocycles. The average molecular weight is 970 g/mol. The molecule has 0 amide bonds. The Morgan fingerprint density at radius 1 is 0.320 bits per heavy atom. The van der Waals surface area contributed by atoms with E-state index in [0.717, 1.165) is 17.8 Å². The first kappa shape index (κ1) is 45.2. The summed E-state index contributed by atoms with van der Waals surface area (Å²) in [5, 5.41) is 0. The minimum Gasteiger partial charge on any atom is -0.310 e. The highest BCUT2D eigenvalue weighted by Crippen LogP contribution is 2.65. The average Bonchev–Trinajstić information content (AvgIpc) is 4.24. The molecule has 0 aromatic heterocycles. The number of fused-ring (bicyclic) bond motifs is 13. The second kappa shape index (κ2) is 15.9. The van der Waals surface area contributed by atoms with Crippen LogP contribution in [0.25, 0.3) is 33.4 Å². The van der Waals surface area contributed by atoms with Crippen molar-refractivity contribution in [3.8, 4) is 33.4 Å². The van der Waals surface area contributed by atoms with E-state index in [9.17, 15) is 0 Å². The maximum atomic E-state index is 2.61. The van der Waals surface area contributed by atoms with Gasteiger partial charge in [0.2, 0.25) is 0 Å². The van der Waals surface area contributed by atoms with Crippen molar-refractivity contribution in [2.24, 2.45) is 17.8 Å². The molecule has 0 heterocycles. The molecule has 16 rings (SSSR count). The number of hydrogen-bond donors (Lipinski definition) is 0. The zero-order valence-corrected chi connectivity index (χ0v) is 44.6. The fraction of sp³-hybridized carbons (Fsp3) is 0.270. The van der Waals surface area contributed by atoms with Crippen LogP contribution in [0.15, 0.2) is 206 Å². The third-order valence-electron chi connectivity index (χ3n) is 19.7. The zero-order valence-electron chi connectivity index (χ0n) is 44.6. The van der Waals surface area contributed by atoms with Gasteiger partial charge >= 0.3 is 0 Å². The SMILES string of the molecule is CC(C)(C)c1ccc(C2(c3ccccc3)c3ccccc3-c3ccc(N(c4ccc(C56CC7CC(CC(C7)C5)C6)cc4)c4ccc5c(c4)C4(c6ccccc6-5)c5ccccc5-c5ccc(C(C)(C)C)cc54)cc32)cc1. The predicted molar refractivity (Wildman–Crippen MR) is 312 cm³/mol. The topological polar surface area (TPSA) is 3.24 Å². The molecule has 1 spiro atoms. The molecule has 9 aromatic carbocycles. The highest BCUT2D eigenvalue weighted by atomic mass is 15.1. The van der Waals surface area contributed by atoms with Crippen molar-refractivity contribution < 1.29 is 0 Å². The normalized spacial score (nSPS) is 24.1. The Morgan fingerprint density at radius 2 is 0.693 bits per heavy atom. The standard InChI is InChI=1S/C74H67N/c1-70(2,3)50-24-26-53(27-25-50)73(52-16-8-7-9-17-52)64-21-13-10-18-58(64)62-36-33-56(42-68(62)73)75(55-31-28-51(29-32-55)72-44-47-38-48(45-72)40-49(39-47)46-72)57-34-37-63-60-20-12-15-23-66(60)74(69(63)43-57)65-22-14-11-19-59(65)61-35-30-54(41-67(61)74)71(4,5)6/h7-37,41-43,47-49H,38-40,44-46H2,1-6H3. The van der Waals surface area contributed by atoms with Crippen molar-refractivity contribution in [3.05, 3.63) is 267 Å². The van der Waals surface area contributed by atoms with E-state index in [4.69, 9.17) is 0 Å². The number of nitrogens with zero attached hydrogens (tertiary/aromatic N) is 1. The van der Waals surface area contributed by atoms with Gasteiger partial charge in [0.25, 0.3) is 0 Å². The third kappa shape index (κ3) is 6.37. The Balaban J connectivity index is 0.975. The van der Waals surface area contributed by atoms with Crippen LogP contribution in [0.2, 0.25) is 0 Å². The minimum atomic E-state index is -0.542. The fourth-order valence-corrected chi connectivity index (χ4v) is 16.7. The molecule has 1 heteroatoms. The second-order valence-corrected chi connectivity index (χ2v) is 25.9. The summed E-state index contributed by atoms with van der Waals surface area (Å²) in [6.07, 6.45) is 8.44. The number of hydrogen-bond acceptors (Lipinski definition) is 1. The van der Waals surface area contributed by atoms with Gasteiger partial charge in [0, 0.05) is 17.1 Å². The first-order chi connectivity index (χ1) is 36.3. The van der Waals surface area contributed by atoms with Gasteiger partial charge in [-0.25, -0.2) is 0 Å². The van der Waals surface area contributed by atoms with Crippen LogP contribution in [-0.2, 0) is 27.1 Å². The smallest absolute Gasteiger partial charge is 0.0726 e. The van der Waals surface area contributed by atoms with E-state index < -0.39 is 10.8 Å². The van der Waals surface area contributed by atoms with Crippen LogP contribution < -0.4 is 4.90 Å². The molecule has 7 aliphatic rings. The molecule has 75 heavy (non-hydrogen) atoms. The molecule has 2 atom stereocenters. The molecule has 0 N–H and O–H groups in total. The summed E-state index contributed by atoms with van der Waals surface area (Å²) in [7, 11) is 0.